The summed E-state index contributed by atoms with van der Waals surface area (Å²) in [6, 6.07) is 12.4. The highest BCUT2D eigenvalue weighted by atomic mass is 19.4. The lowest BCUT2D eigenvalue weighted by atomic mass is 10.1. The van der Waals surface area contributed by atoms with Crippen LogP contribution in [0.3, 0.4) is 0 Å². The fourth-order valence-electron chi connectivity index (χ4n) is 3.00. The second-order valence-corrected chi connectivity index (χ2v) is 6.43. The van der Waals surface area contributed by atoms with E-state index in [1.54, 1.807) is 0 Å². The van der Waals surface area contributed by atoms with Gasteiger partial charge in [-0.25, -0.2) is 9.78 Å². The predicted molar refractivity (Wildman–Crippen MR) is 101 cm³/mol. The molecule has 148 valence electrons. The molecule has 0 bridgehead atoms. The molecule has 3 rings (SSSR count). The standard InChI is InChI=1S/C20H21F3N4O/c1-14-26-17-4-2-3-5-18(17)27(14)13-12-25-19(28)24-11-10-15-6-8-16(9-7-15)20(21,22)23/h2-9H,10-13H2,1H3,(H2,24,25,28). The number of para-hydroxylation sites is 2. The molecule has 0 atom stereocenters. The fraction of sp³-hybridized carbons (Fsp3) is 0.300. The molecule has 0 saturated carbocycles. The summed E-state index contributed by atoms with van der Waals surface area (Å²) in [5.41, 5.74) is 1.99. The molecule has 0 spiro atoms. The molecule has 0 fully saturated rings. The van der Waals surface area contributed by atoms with Crippen LogP contribution in [0, 0.1) is 6.92 Å². The van der Waals surface area contributed by atoms with Crippen molar-refractivity contribution in [1.29, 1.82) is 0 Å². The molecule has 1 aromatic heterocycles. The number of carbonyl (C=O) groups is 1. The molecule has 0 saturated heterocycles. The first-order valence-corrected chi connectivity index (χ1v) is 8.94. The zero-order chi connectivity index (χ0) is 20.1. The van der Waals surface area contributed by atoms with Gasteiger partial charge in [-0.2, -0.15) is 13.2 Å². The number of hydrogen-bond acceptors (Lipinski definition) is 2. The van der Waals surface area contributed by atoms with Gasteiger partial charge in [-0.15, -0.1) is 0 Å². The smallest absolute Gasteiger partial charge is 0.338 e. The van der Waals surface area contributed by atoms with E-state index in [9.17, 15) is 18.0 Å². The molecule has 1 heterocycles. The van der Waals surface area contributed by atoms with E-state index < -0.39 is 11.7 Å². The topological polar surface area (TPSA) is 59.0 Å². The van der Waals surface area contributed by atoms with Gasteiger partial charge in [0.15, 0.2) is 0 Å². The second kappa shape index (κ2) is 8.33. The van der Waals surface area contributed by atoms with Gasteiger partial charge in [-0.1, -0.05) is 24.3 Å². The van der Waals surface area contributed by atoms with Crippen molar-refractivity contribution in [3.63, 3.8) is 0 Å². The van der Waals surface area contributed by atoms with Crippen molar-refractivity contribution in [2.75, 3.05) is 13.1 Å². The lowest BCUT2D eigenvalue weighted by molar-refractivity contribution is -0.137. The average Bonchev–Trinajstić information content (AvgIpc) is 2.97. The van der Waals surface area contributed by atoms with Crippen molar-refractivity contribution < 1.29 is 18.0 Å². The summed E-state index contributed by atoms with van der Waals surface area (Å²) >= 11 is 0. The number of imidazole rings is 1. The Kier molecular flexibility index (Phi) is 5.87. The summed E-state index contributed by atoms with van der Waals surface area (Å²) in [6.07, 6.45) is -3.88. The molecule has 5 nitrogen and oxygen atoms in total. The Bertz CT molecular complexity index is 948. The third-order valence-corrected chi connectivity index (χ3v) is 4.45. The van der Waals surface area contributed by atoms with Gasteiger partial charge in [-0.05, 0) is 43.2 Å². The van der Waals surface area contributed by atoms with E-state index >= 15 is 0 Å². The average molecular weight is 390 g/mol. The van der Waals surface area contributed by atoms with Crippen LogP contribution in [0.15, 0.2) is 48.5 Å². The first-order valence-electron chi connectivity index (χ1n) is 8.94. The zero-order valence-corrected chi connectivity index (χ0v) is 15.4. The van der Waals surface area contributed by atoms with Gasteiger partial charge in [0.05, 0.1) is 16.6 Å². The number of nitrogens with one attached hydrogen (secondary N) is 2. The molecule has 3 aromatic rings. The fourth-order valence-corrected chi connectivity index (χ4v) is 3.00. The van der Waals surface area contributed by atoms with E-state index in [0.717, 1.165) is 34.6 Å². The van der Waals surface area contributed by atoms with Crippen LogP contribution in [0.5, 0.6) is 0 Å². The summed E-state index contributed by atoms with van der Waals surface area (Å²) in [7, 11) is 0. The SMILES string of the molecule is Cc1nc2ccccc2n1CCNC(=O)NCCc1ccc(C(F)(F)F)cc1. The molecular formula is C20H21F3N4O. The Morgan fingerprint density at radius 3 is 2.43 bits per heavy atom. The summed E-state index contributed by atoms with van der Waals surface area (Å²) < 4.78 is 39.7. The van der Waals surface area contributed by atoms with Crippen LogP contribution in [0.2, 0.25) is 0 Å². The molecule has 2 N–H and O–H groups in total. The molecular weight excluding hydrogens is 369 g/mol. The van der Waals surface area contributed by atoms with E-state index in [0.29, 0.717) is 26.1 Å². The van der Waals surface area contributed by atoms with Crippen LogP contribution in [0.25, 0.3) is 11.0 Å². The third kappa shape index (κ3) is 4.82. The van der Waals surface area contributed by atoms with E-state index in [2.05, 4.69) is 15.6 Å². The van der Waals surface area contributed by atoms with Crippen molar-refractivity contribution in [3.05, 3.63) is 65.5 Å². The summed E-state index contributed by atoms with van der Waals surface area (Å²) in [5.74, 6) is 0.880. The minimum Gasteiger partial charge on any atom is -0.338 e. The van der Waals surface area contributed by atoms with Gasteiger partial charge < -0.3 is 15.2 Å². The Morgan fingerprint density at radius 2 is 1.71 bits per heavy atom. The zero-order valence-electron chi connectivity index (χ0n) is 15.4. The molecule has 0 unspecified atom stereocenters. The number of nitrogens with zero attached hydrogens (tertiary/aromatic N) is 2. The highest BCUT2D eigenvalue weighted by Crippen LogP contribution is 2.29. The number of hydrogen-bond donors (Lipinski definition) is 2. The summed E-state index contributed by atoms with van der Waals surface area (Å²) in [4.78, 5) is 16.4. The van der Waals surface area contributed by atoms with E-state index in [1.807, 2.05) is 35.8 Å². The van der Waals surface area contributed by atoms with Crippen molar-refractivity contribution in [2.45, 2.75) is 26.1 Å². The number of fused-ring (bicyclic) bond motifs is 1. The van der Waals surface area contributed by atoms with Crippen LogP contribution in [-0.4, -0.2) is 28.7 Å². The summed E-state index contributed by atoms with van der Waals surface area (Å²) in [6.45, 7) is 3.29. The largest absolute Gasteiger partial charge is 0.416 e. The van der Waals surface area contributed by atoms with Gasteiger partial charge in [0.25, 0.3) is 0 Å². The minimum absolute atomic E-state index is 0.311. The van der Waals surface area contributed by atoms with Gasteiger partial charge in [0, 0.05) is 19.6 Å². The summed E-state index contributed by atoms with van der Waals surface area (Å²) in [5, 5.41) is 5.49. The Balaban J connectivity index is 1.42. The van der Waals surface area contributed by atoms with E-state index in [4.69, 9.17) is 0 Å². The van der Waals surface area contributed by atoms with Crippen molar-refractivity contribution in [1.82, 2.24) is 20.2 Å². The first-order chi connectivity index (χ1) is 13.3. The number of halogens is 3. The number of carbonyl (C=O) groups excluding carboxylic acids is 1. The van der Waals surface area contributed by atoms with Crippen LogP contribution in [0.4, 0.5) is 18.0 Å². The number of rotatable bonds is 6. The third-order valence-electron chi connectivity index (χ3n) is 4.45. The Morgan fingerprint density at radius 1 is 1.04 bits per heavy atom. The van der Waals surface area contributed by atoms with Crippen molar-refractivity contribution in [2.24, 2.45) is 0 Å². The molecule has 0 radical (unpaired) electrons. The molecule has 0 aliphatic heterocycles. The normalized spacial score (nSPS) is 11.6. The van der Waals surface area contributed by atoms with Crippen LogP contribution < -0.4 is 10.6 Å². The van der Waals surface area contributed by atoms with Crippen LogP contribution >= 0.6 is 0 Å². The predicted octanol–water partition coefficient (Wildman–Crippen LogP) is 3.91. The Labute approximate surface area is 160 Å². The molecule has 0 aliphatic carbocycles. The highest BCUT2D eigenvalue weighted by Gasteiger charge is 2.29. The monoisotopic (exact) mass is 390 g/mol. The minimum atomic E-state index is -4.34. The van der Waals surface area contributed by atoms with Crippen LogP contribution in [-0.2, 0) is 19.1 Å². The number of benzene rings is 2. The molecule has 0 aliphatic rings. The Hall–Kier alpha value is -3.03. The van der Waals surface area contributed by atoms with Crippen molar-refractivity contribution >= 4 is 17.1 Å². The number of aryl methyl sites for hydroxylation is 1. The van der Waals surface area contributed by atoms with Gasteiger partial charge in [-0.3, -0.25) is 0 Å². The highest BCUT2D eigenvalue weighted by molar-refractivity contribution is 5.76. The maximum Gasteiger partial charge on any atom is 0.416 e. The maximum absolute atomic E-state index is 12.5. The van der Waals surface area contributed by atoms with Gasteiger partial charge in [0.2, 0.25) is 0 Å². The van der Waals surface area contributed by atoms with E-state index in [-0.39, 0.29) is 6.03 Å². The number of alkyl halides is 3. The number of aromatic nitrogens is 2. The van der Waals surface area contributed by atoms with Crippen LogP contribution in [0.1, 0.15) is 17.0 Å². The van der Waals surface area contributed by atoms with Gasteiger partial charge in [0.1, 0.15) is 5.82 Å². The lowest BCUT2D eigenvalue weighted by Crippen LogP contribution is -2.38. The van der Waals surface area contributed by atoms with Crippen molar-refractivity contribution in [3.8, 4) is 0 Å². The number of amides is 2. The molecule has 8 heteroatoms. The van der Waals surface area contributed by atoms with E-state index in [1.165, 1.54) is 12.1 Å². The number of urea groups is 1. The quantitative estimate of drug-likeness (QED) is 0.671. The second-order valence-electron chi connectivity index (χ2n) is 6.43. The maximum atomic E-state index is 12.5. The molecule has 2 aromatic carbocycles. The molecule has 2 amide bonds. The molecule has 28 heavy (non-hydrogen) atoms. The lowest BCUT2D eigenvalue weighted by Gasteiger charge is -2.10. The first kappa shape index (κ1) is 19.7. The van der Waals surface area contributed by atoms with Gasteiger partial charge >= 0.3 is 12.2 Å².